The van der Waals surface area contributed by atoms with Gasteiger partial charge < -0.3 is 15.4 Å². The SMILES string of the molecule is Cc1cc(C(N)=O)nn1-c1ccc2c(ccn2Cc2ccc(-c3ccc(CN4CCCC4CO)cc3)cc2)c1. The topological polar surface area (TPSA) is 89.3 Å². The smallest absolute Gasteiger partial charge is 0.269 e. The second-order valence-electron chi connectivity index (χ2n) is 10.5. The predicted molar refractivity (Wildman–Crippen MR) is 154 cm³/mol. The minimum Gasteiger partial charge on any atom is -0.395 e. The molecule has 1 saturated heterocycles. The lowest BCUT2D eigenvalue weighted by Crippen LogP contribution is -2.31. The van der Waals surface area contributed by atoms with Crippen LogP contribution in [-0.2, 0) is 13.1 Å². The Morgan fingerprint density at radius 2 is 1.64 bits per heavy atom. The van der Waals surface area contributed by atoms with Crippen molar-refractivity contribution < 1.29 is 9.90 Å². The Hall–Kier alpha value is -4.20. The zero-order valence-corrected chi connectivity index (χ0v) is 22.1. The summed E-state index contributed by atoms with van der Waals surface area (Å²) < 4.78 is 3.99. The van der Waals surface area contributed by atoms with Crippen molar-refractivity contribution in [1.29, 1.82) is 0 Å². The number of fused-ring (bicyclic) bond motifs is 1. The summed E-state index contributed by atoms with van der Waals surface area (Å²) in [5, 5.41) is 15.0. The molecule has 6 rings (SSSR count). The van der Waals surface area contributed by atoms with Crippen LogP contribution in [0, 0.1) is 6.92 Å². The van der Waals surface area contributed by atoms with Gasteiger partial charge in [0.2, 0.25) is 0 Å². The van der Waals surface area contributed by atoms with Crippen molar-refractivity contribution in [3.8, 4) is 16.8 Å². The molecular formula is C32H33N5O2. The Bertz CT molecular complexity index is 1620. The molecule has 0 spiro atoms. The van der Waals surface area contributed by atoms with Crippen molar-refractivity contribution in [3.63, 3.8) is 0 Å². The highest BCUT2D eigenvalue weighted by Gasteiger charge is 2.23. The average Bonchev–Trinajstić information content (AvgIpc) is 3.68. The standard InChI is InChI=1S/C32H33N5O2/c1-22-17-30(32(33)39)34-37(22)28-12-13-31-27(18-28)14-16-36(31)20-24-6-10-26(11-7-24)25-8-4-23(5-9-25)19-35-15-2-3-29(35)21-38/h4-14,16-18,29,38H,2-3,15,19-21H2,1H3,(H2,33,39). The summed E-state index contributed by atoms with van der Waals surface area (Å²) in [6.45, 7) is 4.89. The van der Waals surface area contributed by atoms with Crippen LogP contribution >= 0.6 is 0 Å². The van der Waals surface area contributed by atoms with Gasteiger partial charge >= 0.3 is 0 Å². The Kier molecular flexibility index (Phi) is 6.77. The molecule has 7 nitrogen and oxygen atoms in total. The van der Waals surface area contributed by atoms with E-state index in [0.29, 0.717) is 6.04 Å². The van der Waals surface area contributed by atoms with E-state index in [4.69, 9.17) is 5.73 Å². The Labute approximate surface area is 228 Å². The summed E-state index contributed by atoms with van der Waals surface area (Å²) in [6, 6.07) is 27.9. The molecule has 1 fully saturated rings. The molecular weight excluding hydrogens is 486 g/mol. The third kappa shape index (κ3) is 5.11. The monoisotopic (exact) mass is 519 g/mol. The lowest BCUT2D eigenvalue weighted by molar-refractivity contribution is 0.0995. The molecule has 2 aromatic heterocycles. The molecule has 198 valence electrons. The molecule has 3 heterocycles. The highest BCUT2D eigenvalue weighted by atomic mass is 16.3. The molecule has 1 atom stereocenters. The number of aryl methyl sites for hydroxylation is 1. The summed E-state index contributed by atoms with van der Waals surface area (Å²) in [6.07, 6.45) is 4.36. The maximum atomic E-state index is 11.5. The lowest BCUT2D eigenvalue weighted by Gasteiger charge is -2.22. The molecule has 0 radical (unpaired) electrons. The van der Waals surface area contributed by atoms with Gasteiger partial charge in [-0.1, -0.05) is 48.5 Å². The Morgan fingerprint density at radius 1 is 0.949 bits per heavy atom. The van der Waals surface area contributed by atoms with Crippen LogP contribution in [0.3, 0.4) is 0 Å². The van der Waals surface area contributed by atoms with Crippen LogP contribution in [-0.4, -0.2) is 49.5 Å². The first kappa shape index (κ1) is 25.1. The van der Waals surface area contributed by atoms with Crippen molar-refractivity contribution >= 4 is 16.8 Å². The number of aliphatic hydroxyl groups excluding tert-OH is 1. The summed E-state index contributed by atoms with van der Waals surface area (Å²) in [7, 11) is 0. The van der Waals surface area contributed by atoms with E-state index in [9.17, 15) is 9.90 Å². The third-order valence-corrected chi connectivity index (χ3v) is 7.83. The zero-order chi connectivity index (χ0) is 26.9. The second kappa shape index (κ2) is 10.5. The Morgan fingerprint density at radius 3 is 2.28 bits per heavy atom. The van der Waals surface area contributed by atoms with Crippen LogP contribution in [0.5, 0.6) is 0 Å². The molecule has 3 aromatic carbocycles. The van der Waals surface area contributed by atoms with Crippen LogP contribution in [0.2, 0.25) is 0 Å². The molecule has 0 saturated carbocycles. The van der Waals surface area contributed by atoms with Crippen molar-refractivity contribution in [2.24, 2.45) is 5.73 Å². The molecule has 7 heteroatoms. The molecule has 1 aliphatic rings. The number of carbonyl (C=O) groups excluding carboxylic acids is 1. The number of primary amides is 1. The van der Waals surface area contributed by atoms with E-state index in [2.05, 4.69) is 87.5 Å². The first-order chi connectivity index (χ1) is 19.0. The number of nitrogens with zero attached hydrogens (tertiary/aromatic N) is 4. The van der Waals surface area contributed by atoms with E-state index in [0.717, 1.165) is 48.3 Å². The Balaban J connectivity index is 1.15. The minimum atomic E-state index is -0.526. The number of nitrogens with two attached hydrogens (primary N) is 1. The number of benzene rings is 3. The largest absolute Gasteiger partial charge is 0.395 e. The number of rotatable bonds is 8. The summed E-state index contributed by atoms with van der Waals surface area (Å²) in [5.41, 5.74) is 13.5. The predicted octanol–water partition coefficient (Wildman–Crippen LogP) is 4.91. The van der Waals surface area contributed by atoms with Gasteiger partial charge in [-0.25, -0.2) is 4.68 Å². The third-order valence-electron chi connectivity index (χ3n) is 7.83. The molecule has 0 aliphatic carbocycles. The van der Waals surface area contributed by atoms with Crippen molar-refractivity contribution in [2.45, 2.75) is 38.9 Å². The van der Waals surface area contributed by atoms with E-state index in [-0.39, 0.29) is 12.3 Å². The number of carbonyl (C=O) groups is 1. The minimum absolute atomic E-state index is 0.244. The summed E-state index contributed by atoms with van der Waals surface area (Å²) in [5.74, 6) is -0.526. The first-order valence-corrected chi connectivity index (χ1v) is 13.5. The lowest BCUT2D eigenvalue weighted by atomic mass is 10.0. The van der Waals surface area contributed by atoms with Crippen molar-refractivity contribution in [1.82, 2.24) is 19.2 Å². The highest BCUT2D eigenvalue weighted by Crippen LogP contribution is 2.25. The van der Waals surface area contributed by atoms with Gasteiger partial charge in [-0.05, 0) is 78.9 Å². The highest BCUT2D eigenvalue weighted by molar-refractivity contribution is 5.91. The number of amides is 1. The van der Waals surface area contributed by atoms with Gasteiger partial charge in [0.15, 0.2) is 5.69 Å². The maximum Gasteiger partial charge on any atom is 0.269 e. The molecule has 1 amide bonds. The van der Waals surface area contributed by atoms with Gasteiger partial charge in [0.25, 0.3) is 5.91 Å². The fourth-order valence-electron chi connectivity index (χ4n) is 5.66. The number of aromatic nitrogens is 3. The fourth-order valence-corrected chi connectivity index (χ4v) is 5.66. The average molecular weight is 520 g/mol. The molecule has 1 unspecified atom stereocenters. The van der Waals surface area contributed by atoms with Crippen LogP contribution in [0.15, 0.2) is 85.1 Å². The van der Waals surface area contributed by atoms with Crippen LogP contribution in [0.25, 0.3) is 27.7 Å². The first-order valence-electron chi connectivity index (χ1n) is 13.5. The van der Waals surface area contributed by atoms with Gasteiger partial charge in [0.1, 0.15) is 0 Å². The van der Waals surface area contributed by atoms with Gasteiger partial charge in [0.05, 0.1) is 12.3 Å². The summed E-state index contributed by atoms with van der Waals surface area (Å²) in [4.78, 5) is 13.9. The second-order valence-corrected chi connectivity index (χ2v) is 10.5. The molecule has 39 heavy (non-hydrogen) atoms. The van der Waals surface area contributed by atoms with E-state index < -0.39 is 5.91 Å². The van der Waals surface area contributed by atoms with E-state index >= 15 is 0 Å². The normalized spacial score (nSPS) is 15.8. The van der Waals surface area contributed by atoms with Gasteiger partial charge in [-0.2, -0.15) is 5.10 Å². The maximum absolute atomic E-state index is 11.5. The van der Waals surface area contributed by atoms with Crippen molar-refractivity contribution in [2.75, 3.05) is 13.2 Å². The fraction of sp³-hybridized carbons (Fsp3) is 0.250. The van der Waals surface area contributed by atoms with E-state index in [1.807, 2.05) is 13.0 Å². The number of hydrogen-bond acceptors (Lipinski definition) is 4. The molecule has 1 aliphatic heterocycles. The number of likely N-dealkylation sites (tertiary alicyclic amines) is 1. The van der Waals surface area contributed by atoms with Crippen molar-refractivity contribution in [3.05, 3.63) is 108 Å². The van der Waals surface area contributed by atoms with Crippen LogP contribution in [0.4, 0.5) is 0 Å². The van der Waals surface area contributed by atoms with Crippen LogP contribution < -0.4 is 5.73 Å². The van der Waals surface area contributed by atoms with Gasteiger partial charge in [0, 0.05) is 41.9 Å². The van der Waals surface area contributed by atoms with Gasteiger partial charge in [-0.15, -0.1) is 0 Å². The molecule has 3 N–H and O–H groups in total. The molecule has 5 aromatic rings. The van der Waals surface area contributed by atoms with E-state index in [1.165, 1.54) is 28.7 Å². The van der Waals surface area contributed by atoms with Crippen LogP contribution in [0.1, 0.15) is 40.2 Å². The quantitative estimate of drug-likeness (QED) is 0.305. The zero-order valence-electron chi connectivity index (χ0n) is 22.1. The molecule has 0 bridgehead atoms. The summed E-state index contributed by atoms with van der Waals surface area (Å²) >= 11 is 0. The van der Waals surface area contributed by atoms with E-state index in [1.54, 1.807) is 10.7 Å². The number of hydrogen-bond donors (Lipinski definition) is 2. The number of aliphatic hydroxyl groups is 1. The van der Waals surface area contributed by atoms with Gasteiger partial charge in [-0.3, -0.25) is 9.69 Å².